The van der Waals surface area contributed by atoms with Crippen molar-refractivity contribution < 1.29 is 33.7 Å². The monoisotopic (exact) mass is 520 g/mol. The van der Waals surface area contributed by atoms with Crippen LogP contribution in [0.1, 0.15) is 53.6 Å². The van der Waals surface area contributed by atoms with Crippen molar-refractivity contribution in [1.29, 1.82) is 0 Å². The zero-order valence-corrected chi connectivity index (χ0v) is 21.6. The number of anilines is 1. The fourth-order valence-electron chi connectivity index (χ4n) is 5.69. The van der Waals surface area contributed by atoms with Crippen LogP contribution in [0.25, 0.3) is 0 Å². The molecule has 3 unspecified atom stereocenters. The molecule has 0 aromatic heterocycles. The van der Waals surface area contributed by atoms with Gasteiger partial charge in [-0.05, 0) is 68.4 Å². The van der Waals surface area contributed by atoms with Gasteiger partial charge in [0, 0.05) is 37.1 Å². The normalized spacial score (nSPS) is 23.4. The van der Waals surface area contributed by atoms with Crippen LogP contribution >= 0.6 is 0 Å². The van der Waals surface area contributed by atoms with E-state index in [0.717, 1.165) is 31.0 Å². The van der Waals surface area contributed by atoms with Crippen molar-refractivity contribution in [1.82, 2.24) is 4.90 Å². The summed E-state index contributed by atoms with van der Waals surface area (Å²) in [6, 6.07) is 9.99. The molecule has 5 rings (SSSR count). The van der Waals surface area contributed by atoms with Gasteiger partial charge in [0.25, 0.3) is 0 Å². The van der Waals surface area contributed by atoms with Gasteiger partial charge in [0.1, 0.15) is 12.2 Å². The maximum atomic E-state index is 12.6. The number of esters is 1. The van der Waals surface area contributed by atoms with E-state index in [0.29, 0.717) is 18.5 Å². The van der Waals surface area contributed by atoms with Crippen LogP contribution in [0.4, 0.5) is 5.69 Å². The van der Waals surface area contributed by atoms with Crippen LogP contribution in [-0.4, -0.2) is 60.8 Å². The summed E-state index contributed by atoms with van der Waals surface area (Å²) in [7, 11) is 3.77. The molecule has 9 heteroatoms. The number of nitrogens with zero attached hydrogens (tertiary/aromatic N) is 1. The Balaban J connectivity index is 1.16. The Kier molecular flexibility index (Phi) is 7.12. The number of nitrogens with one attached hydrogen (secondary N) is 1. The standard InChI is InChI=1S/C29H32N2O7/c1-31-15-14-29-13-12-21(16-23(29)38-27-22(36-2)11-8-19(17-31)26(27)29)37-25(33)5-3-4-24(32)30-20-9-6-18(7-10-20)28(34)35/h6-13,21,23H,3-5,14-17H2,1-2H3,(H,30,32)(H,34,35). The fourth-order valence-corrected chi connectivity index (χ4v) is 5.69. The van der Waals surface area contributed by atoms with Crippen molar-refractivity contribution in [2.24, 2.45) is 0 Å². The maximum absolute atomic E-state index is 12.6. The van der Waals surface area contributed by atoms with Crippen molar-refractivity contribution in [3.05, 3.63) is 65.2 Å². The number of carbonyl (C=O) groups is 3. The lowest BCUT2D eigenvalue weighted by Crippen LogP contribution is -2.43. The Labute approximate surface area is 221 Å². The molecular formula is C29H32N2O7. The summed E-state index contributed by atoms with van der Waals surface area (Å²) in [5, 5.41) is 11.7. The lowest BCUT2D eigenvalue weighted by atomic mass is 9.69. The van der Waals surface area contributed by atoms with Crippen LogP contribution in [-0.2, 0) is 26.3 Å². The molecule has 1 amide bonds. The topological polar surface area (TPSA) is 114 Å². The lowest BCUT2D eigenvalue weighted by Gasteiger charge is -2.36. The van der Waals surface area contributed by atoms with Crippen LogP contribution in [0.2, 0.25) is 0 Å². The second kappa shape index (κ2) is 10.5. The van der Waals surface area contributed by atoms with Crippen molar-refractivity contribution >= 4 is 23.5 Å². The molecule has 38 heavy (non-hydrogen) atoms. The van der Waals surface area contributed by atoms with E-state index in [1.54, 1.807) is 7.11 Å². The predicted molar refractivity (Wildman–Crippen MR) is 140 cm³/mol. The largest absolute Gasteiger partial charge is 0.493 e. The number of rotatable bonds is 8. The number of carboxylic acids is 1. The summed E-state index contributed by atoms with van der Waals surface area (Å²) in [4.78, 5) is 38.0. The molecule has 1 aliphatic carbocycles. The molecule has 0 saturated carbocycles. The zero-order chi connectivity index (χ0) is 26.9. The highest BCUT2D eigenvalue weighted by molar-refractivity contribution is 5.92. The molecule has 9 nitrogen and oxygen atoms in total. The van der Waals surface area contributed by atoms with Crippen molar-refractivity contribution in [2.45, 2.75) is 56.3 Å². The highest BCUT2D eigenvalue weighted by Gasteiger charge is 2.53. The highest BCUT2D eigenvalue weighted by atomic mass is 16.6. The molecule has 1 spiro atoms. The molecule has 2 aromatic rings. The van der Waals surface area contributed by atoms with E-state index < -0.39 is 12.1 Å². The van der Waals surface area contributed by atoms with E-state index >= 15 is 0 Å². The minimum atomic E-state index is -1.03. The van der Waals surface area contributed by atoms with E-state index in [4.69, 9.17) is 19.3 Å². The van der Waals surface area contributed by atoms with Gasteiger partial charge < -0.3 is 29.5 Å². The van der Waals surface area contributed by atoms with Gasteiger partial charge in [-0.25, -0.2) is 4.79 Å². The number of methoxy groups -OCH3 is 1. The van der Waals surface area contributed by atoms with Gasteiger partial charge in [0.2, 0.25) is 5.91 Å². The maximum Gasteiger partial charge on any atom is 0.335 e. The van der Waals surface area contributed by atoms with Crippen LogP contribution < -0.4 is 14.8 Å². The molecule has 0 radical (unpaired) electrons. The molecule has 2 heterocycles. The second-order valence-corrected chi connectivity index (χ2v) is 10.2. The summed E-state index contributed by atoms with van der Waals surface area (Å²) in [6.45, 7) is 1.77. The van der Waals surface area contributed by atoms with E-state index in [2.05, 4.69) is 29.4 Å². The molecule has 2 N–H and O–H groups in total. The lowest BCUT2D eigenvalue weighted by molar-refractivity contribution is -0.148. The summed E-state index contributed by atoms with van der Waals surface area (Å²) in [6.07, 6.45) is 5.67. The number of carboxylic acid groups (broad SMARTS) is 1. The van der Waals surface area contributed by atoms with Gasteiger partial charge in [0.05, 0.1) is 18.1 Å². The first-order valence-corrected chi connectivity index (χ1v) is 12.9. The summed E-state index contributed by atoms with van der Waals surface area (Å²) in [5.74, 6) is -0.116. The van der Waals surface area contributed by atoms with Crippen molar-refractivity contribution in [3.8, 4) is 11.5 Å². The van der Waals surface area contributed by atoms with Crippen LogP contribution in [0, 0.1) is 0 Å². The first-order valence-electron chi connectivity index (χ1n) is 12.9. The quantitative estimate of drug-likeness (QED) is 0.398. The van der Waals surface area contributed by atoms with Gasteiger partial charge in [-0.1, -0.05) is 12.1 Å². The Morgan fingerprint density at radius 3 is 2.68 bits per heavy atom. The molecular weight excluding hydrogens is 488 g/mol. The van der Waals surface area contributed by atoms with Crippen LogP contribution in [0.5, 0.6) is 11.5 Å². The molecule has 200 valence electrons. The third-order valence-electron chi connectivity index (χ3n) is 7.61. The summed E-state index contributed by atoms with van der Waals surface area (Å²) >= 11 is 0. The summed E-state index contributed by atoms with van der Waals surface area (Å²) < 4.78 is 17.8. The van der Waals surface area contributed by atoms with E-state index in [1.807, 2.05) is 12.1 Å². The van der Waals surface area contributed by atoms with Gasteiger partial charge in [0.15, 0.2) is 11.5 Å². The fraction of sp³-hybridized carbons (Fsp3) is 0.414. The zero-order valence-electron chi connectivity index (χ0n) is 21.6. The Hall–Kier alpha value is -3.85. The van der Waals surface area contributed by atoms with E-state index in [9.17, 15) is 14.4 Å². The number of hydrogen-bond donors (Lipinski definition) is 2. The average molecular weight is 521 g/mol. The van der Waals surface area contributed by atoms with E-state index in [-0.39, 0.29) is 41.8 Å². The Morgan fingerprint density at radius 1 is 1.16 bits per heavy atom. The number of benzene rings is 2. The van der Waals surface area contributed by atoms with E-state index in [1.165, 1.54) is 35.4 Å². The molecule has 3 aliphatic rings. The first kappa shape index (κ1) is 25.8. The SMILES string of the molecule is COc1ccc2c3c1OC1CC(OC(=O)CCCC(=O)Nc4ccc(C(=O)O)cc4)C=CC31CCN(C)C2. The van der Waals surface area contributed by atoms with Crippen LogP contribution in [0.15, 0.2) is 48.6 Å². The predicted octanol–water partition coefficient (Wildman–Crippen LogP) is 3.91. The van der Waals surface area contributed by atoms with Gasteiger partial charge in [-0.3, -0.25) is 9.59 Å². The number of ether oxygens (including phenoxy) is 3. The molecule has 0 fully saturated rings. The second-order valence-electron chi connectivity index (χ2n) is 10.2. The average Bonchev–Trinajstić information content (AvgIpc) is 3.15. The summed E-state index contributed by atoms with van der Waals surface area (Å²) in [5.41, 5.74) is 2.81. The minimum Gasteiger partial charge on any atom is -0.493 e. The van der Waals surface area contributed by atoms with Crippen molar-refractivity contribution in [3.63, 3.8) is 0 Å². The van der Waals surface area contributed by atoms with Gasteiger partial charge in [-0.15, -0.1) is 0 Å². The number of hydrogen-bond acceptors (Lipinski definition) is 7. The molecule has 3 atom stereocenters. The van der Waals surface area contributed by atoms with Gasteiger partial charge >= 0.3 is 11.9 Å². The number of aromatic carboxylic acids is 1. The van der Waals surface area contributed by atoms with Crippen molar-refractivity contribution in [2.75, 3.05) is 26.0 Å². The smallest absolute Gasteiger partial charge is 0.335 e. The van der Waals surface area contributed by atoms with Crippen LogP contribution in [0.3, 0.4) is 0 Å². The number of amides is 1. The molecule has 2 aliphatic heterocycles. The minimum absolute atomic E-state index is 0.120. The third kappa shape index (κ3) is 4.98. The molecule has 0 bridgehead atoms. The number of carbonyl (C=O) groups excluding carboxylic acids is 2. The molecule has 2 aromatic carbocycles. The van der Waals surface area contributed by atoms with Gasteiger partial charge in [-0.2, -0.15) is 0 Å². The molecule has 0 saturated heterocycles. The third-order valence-corrected chi connectivity index (χ3v) is 7.61. The highest BCUT2D eigenvalue weighted by Crippen LogP contribution is 2.55. The Morgan fingerprint density at radius 2 is 1.95 bits per heavy atom. The first-order chi connectivity index (χ1) is 18.3. The Bertz CT molecular complexity index is 1270.